The SMILES string of the molecule is O=C(c1ccc(F)cc1)N(Cc1cnc2ccccn12)C1CC1. The Kier molecular flexibility index (Phi) is 3.33. The lowest BCUT2D eigenvalue weighted by Gasteiger charge is -2.22. The van der Waals surface area contributed by atoms with Crippen LogP contribution < -0.4 is 0 Å². The summed E-state index contributed by atoms with van der Waals surface area (Å²) in [5, 5.41) is 0. The van der Waals surface area contributed by atoms with Gasteiger partial charge >= 0.3 is 0 Å². The van der Waals surface area contributed by atoms with Crippen LogP contribution in [0.25, 0.3) is 5.65 Å². The lowest BCUT2D eigenvalue weighted by Crippen LogP contribution is -2.33. The van der Waals surface area contributed by atoms with Gasteiger partial charge in [-0.1, -0.05) is 6.07 Å². The van der Waals surface area contributed by atoms with E-state index in [1.54, 1.807) is 12.1 Å². The summed E-state index contributed by atoms with van der Waals surface area (Å²) in [7, 11) is 0. The number of nitrogens with zero attached hydrogens (tertiary/aromatic N) is 3. The molecule has 0 spiro atoms. The number of rotatable bonds is 4. The predicted octanol–water partition coefficient (Wildman–Crippen LogP) is 3.28. The van der Waals surface area contributed by atoms with Gasteiger partial charge in [0.2, 0.25) is 0 Å². The van der Waals surface area contributed by atoms with Crippen LogP contribution >= 0.6 is 0 Å². The zero-order valence-corrected chi connectivity index (χ0v) is 12.5. The van der Waals surface area contributed by atoms with Crippen LogP contribution in [-0.2, 0) is 6.54 Å². The third-order valence-corrected chi connectivity index (χ3v) is 4.17. The van der Waals surface area contributed by atoms with Crippen LogP contribution in [0.1, 0.15) is 28.9 Å². The van der Waals surface area contributed by atoms with Crippen molar-refractivity contribution in [2.45, 2.75) is 25.4 Å². The zero-order valence-electron chi connectivity index (χ0n) is 12.5. The standard InChI is InChI=1S/C18H16FN3O/c19-14-6-4-13(5-7-14)18(23)22(15-8-9-15)12-16-11-20-17-3-1-2-10-21(16)17/h1-7,10-11,15H,8-9,12H2. The Balaban J connectivity index is 1.63. The number of halogens is 1. The number of pyridine rings is 1. The van der Waals surface area contributed by atoms with E-state index >= 15 is 0 Å². The molecule has 1 amide bonds. The molecular formula is C18H16FN3O. The quantitative estimate of drug-likeness (QED) is 0.742. The zero-order chi connectivity index (χ0) is 15.8. The first kappa shape index (κ1) is 13.9. The van der Waals surface area contributed by atoms with Gasteiger partial charge in [0.05, 0.1) is 18.4 Å². The van der Waals surface area contributed by atoms with Crippen molar-refractivity contribution in [2.75, 3.05) is 0 Å². The Bertz CT molecular complexity index is 852. The van der Waals surface area contributed by atoms with Crippen molar-refractivity contribution >= 4 is 11.6 Å². The summed E-state index contributed by atoms with van der Waals surface area (Å²) < 4.78 is 15.1. The normalized spacial score (nSPS) is 14.1. The first-order chi connectivity index (χ1) is 11.2. The second kappa shape index (κ2) is 5.50. The Morgan fingerprint density at radius 1 is 1.22 bits per heavy atom. The third-order valence-electron chi connectivity index (χ3n) is 4.17. The van der Waals surface area contributed by atoms with E-state index < -0.39 is 0 Å². The molecule has 4 nitrogen and oxygen atoms in total. The molecule has 2 heterocycles. The van der Waals surface area contributed by atoms with E-state index in [2.05, 4.69) is 4.98 Å². The maximum Gasteiger partial charge on any atom is 0.254 e. The molecule has 0 aliphatic heterocycles. The van der Waals surface area contributed by atoms with Crippen LogP contribution in [0.4, 0.5) is 4.39 Å². The molecule has 1 fully saturated rings. The Labute approximate surface area is 133 Å². The Morgan fingerprint density at radius 2 is 2.00 bits per heavy atom. The molecule has 4 rings (SSSR count). The Hall–Kier alpha value is -2.69. The van der Waals surface area contributed by atoms with Crippen LogP contribution in [-0.4, -0.2) is 26.2 Å². The van der Waals surface area contributed by atoms with E-state index in [-0.39, 0.29) is 17.8 Å². The van der Waals surface area contributed by atoms with Gasteiger partial charge in [0, 0.05) is 17.8 Å². The van der Waals surface area contributed by atoms with E-state index in [1.165, 1.54) is 12.1 Å². The highest BCUT2D eigenvalue weighted by molar-refractivity contribution is 5.94. The number of carbonyl (C=O) groups is 1. The summed E-state index contributed by atoms with van der Waals surface area (Å²) in [5.74, 6) is -0.389. The van der Waals surface area contributed by atoms with E-state index in [4.69, 9.17) is 0 Å². The number of hydrogen-bond acceptors (Lipinski definition) is 2. The molecule has 116 valence electrons. The van der Waals surface area contributed by atoms with Gasteiger partial charge in [0.15, 0.2) is 0 Å². The molecule has 0 unspecified atom stereocenters. The number of carbonyl (C=O) groups excluding carboxylic acids is 1. The fraction of sp³-hybridized carbons (Fsp3) is 0.222. The molecule has 0 atom stereocenters. The minimum Gasteiger partial charge on any atom is -0.330 e. The van der Waals surface area contributed by atoms with Crippen molar-refractivity contribution in [1.29, 1.82) is 0 Å². The summed E-state index contributed by atoms with van der Waals surface area (Å²) in [5.41, 5.74) is 2.36. The molecule has 1 aromatic carbocycles. The van der Waals surface area contributed by atoms with Crippen molar-refractivity contribution < 1.29 is 9.18 Å². The van der Waals surface area contributed by atoms with E-state index in [9.17, 15) is 9.18 Å². The van der Waals surface area contributed by atoms with Crippen LogP contribution in [0.2, 0.25) is 0 Å². The summed E-state index contributed by atoms with van der Waals surface area (Å²) >= 11 is 0. The average molecular weight is 309 g/mol. The molecule has 1 aliphatic carbocycles. The smallest absolute Gasteiger partial charge is 0.254 e. The van der Waals surface area contributed by atoms with Gasteiger partial charge in [-0.25, -0.2) is 9.37 Å². The topological polar surface area (TPSA) is 37.6 Å². The molecule has 0 bridgehead atoms. The minimum atomic E-state index is -0.332. The molecule has 1 aliphatic rings. The summed E-state index contributed by atoms with van der Waals surface area (Å²) in [6.45, 7) is 0.506. The van der Waals surface area contributed by atoms with Gasteiger partial charge in [0.25, 0.3) is 5.91 Å². The summed E-state index contributed by atoms with van der Waals surface area (Å²) in [6.07, 6.45) is 5.79. The summed E-state index contributed by atoms with van der Waals surface area (Å²) in [6, 6.07) is 11.8. The van der Waals surface area contributed by atoms with Gasteiger partial charge < -0.3 is 9.30 Å². The monoisotopic (exact) mass is 309 g/mol. The van der Waals surface area contributed by atoms with Crippen molar-refractivity contribution in [1.82, 2.24) is 14.3 Å². The molecule has 0 N–H and O–H groups in total. The lowest BCUT2D eigenvalue weighted by atomic mass is 10.2. The number of amides is 1. The largest absolute Gasteiger partial charge is 0.330 e. The van der Waals surface area contributed by atoms with E-state index in [0.717, 1.165) is 24.2 Å². The van der Waals surface area contributed by atoms with Crippen LogP contribution in [0.15, 0.2) is 54.9 Å². The fourth-order valence-corrected chi connectivity index (χ4v) is 2.79. The second-order valence-electron chi connectivity index (χ2n) is 5.85. The van der Waals surface area contributed by atoms with Gasteiger partial charge in [-0.2, -0.15) is 0 Å². The van der Waals surface area contributed by atoms with E-state index in [1.807, 2.05) is 39.9 Å². The maximum absolute atomic E-state index is 13.1. The van der Waals surface area contributed by atoms with Crippen molar-refractivity contribution in [3.63, 3.8) is 0 Å². The molecule has 1 saturated carbocycles. The number of aromatic nitrogens is 2. The first-order valence-electron chi connectivity index (χ1n) is 7.70. The van der Waals surface area contributed by atoms with Gasteiger partial charge in [-0.05, 0) is 49.2 Å². The highest BCUT2D eigenvalue weighted by Gasteiger charge is 2.33. The maximum atomic E-state index is 13.1. The third kappa shape index (κ3) is 2.70. The Morgan fingerprint density at radius 3 is 2.74 bits per heavy atom. The number of hydrogen-bond donors (Lipinski definition) is 0. The summed E-state index contributed by atoms with van der Waals surface area (Å²) in [4.78, 5) is 19.0. The number of benzene rings is 1. The highest BCUT2D eigenvalue weighted by atomic mass is 19.1. The lowest BCUT2D eigenvalue weighted by molar-refractivity contribution is 0.0727. The predicted molar refractivity (Wildman–Crippen MR) is 84.5 cm³/mol. The van der Waals surface area contributed by atoms with Crippen molar-refractivity contribution in [3.8, 4) is 0 Å². The fourth-order valence-electron chi connectivity index (χ4n) is 2.79. The number of fused-ring (bicyclic) bond motifs is 1. The van der Waals surface area contributed by atoms with Crippen LogP contribution in [0, 0.1) is 5.82 Å². The van der Waals surface area contributed by atoms with Gasteiger partial charge in [-0.3, -0.25) is 4.79 Å². The van der Waals surface area contributed by atoms with Crippen LogP contribution in [0.3, 0.4) is 0 Å². The molecule has 3 aromatic rings. The van der Waals surface area contributed by atoms with E-state index in [0.29, 0.717) is 12.1 Å². The number of imidazole rings is 1. The van der Waals surface area contributed by atoms with Gasteiger partial charge in [-0.15, -0.1) is 0 Å². The molecular weight excluding hydrogens is 293 g/mol. The molecule has 0 saturated heterocycles. The van der Waals surface area contributed by atoms with Gasteiger partial charge in [0.1, 0.15) is 11.5 Å². The van der Waals surface area contributed by atoms with Crippen molar-refractivity contribution in [3.05, 3.63) is 71.9 Å². The second-order valence-corrected chi connectivity index (χ2v) is 5.85. The minimum absolute atomic E-state index is 0.0571. The molecule has 5 heteroatoms. The molecule has 23 heavy (non-hydrogen) atoms. The van der Waals surface area contributed by atoms with Crippen molar-refractivity contribution in [2.24, 2.45) is 0 Å². The first-order valence-corrected chi connectivity index (χ1v) is 7.70. The molecule has 2 aromatic heterocycles. The highest BCUT2D eigenvalue weighted by Crippen LogP contribution is 2.30. The average Bonchev–Trinajstić information content (AvgIpc) is 3.34. The molecule has 0 radical (unpaired) electrons. The van der Waals surface area contributed by atoms with Crippen LogP contribution in [0.5, 0.6) is 0 Å².